The zero-order valence-corrected chi connectivity index (χ0v) is 25.7. The standard InChI is InChI=1S/C21H23N5.C16H18/c1-16(22-2)24-26-19(14-20(23-3)17-10-6-4-7-11-17)15-21(25-26)18-12-8-5-9-13-18;1-11-5-7-15(13(3)9-11)16-8-6-12(2)10-14(16)4/h4-15,23H,1-3H3,(H,22,24);5-10H,1-4H3/b20-14-;. The quantitative estimate of drug-likeness (QED) is 0.163. The number of rotatable bonds is 6. The van der Waals surface area contributed by atoms with E-state index in [-0.39, 0.29) is 0 Å². The lowest BCUT2D eigenvalue weighted by Gasteiger charge is -2.10. The van der Waals surface area contributed by atoms with Crippen LogP contribution >= 0.6 is 0 Å². The second kappa shape index (κ2) is 14.1. The van der Waals surface area contributed by atoms with Crippen molar-refractivity contribution in [2.45, 2.75) is 34.6 Å². The van der Waals surface area contributed by atoms with Crippen LogP contribution in [-0.2, 0) is 0 Å². The van der Waals surface area contributed by atoms with Crippen LogP contribution < -0.4 is 10.7 Å². The molecule has 0 bridgehead atoms. The Balaban J connectivity index is 0.000000216. The molecule has 0 radical (unpaired) electrons. The van der Waals surface area contributed by atoms with Crippen LogP contribution in [-0.4, -0.2) is 29.8 Å². The van der Waals surface area contributed by atoms with Crippen molar-refractivity contribution in [3.8, 4) is 22.4 Å². The zero-order valence-electron chi connectivity index (χ0n) is 25.7. The van der Waals surface area contributed by atoms with Crippen molar-refractivity contribution in [3.63, 3.8) is 0 Å². The predicted octanol–water partition coefficient (Wildman–Crippen LogP) is 8.45. The summed E-state index contributed by atoms with van der Waals surface area (Å²) in [6.07, 6.45) is 2.07. The van der Waals surface area contributed by atoms with Crippen LogP contribution in [0.15, 0.2) is 108 Å². The van der Waals surface area contributed by atoms with Crippen LogP contribution in [0, 0.1) is 27.7 Å². The summed E-state index contributed by atoms with van der Waals surface area (Å²) in [5, 5.41) is 7.97. The Morgan fingerprint density at radius 3 is 1.79 bits per heavy atom. The van der Waals surface area contributed by atoms with E-state index in [1.165, 1.54) is 33.4 Å². The number of hydrogen-bond acceptors (Lipinski definition) is 3. The highest BCUT2D eigenvalue weighted by molar-refractivity contribution is 5.88. The Hall–Kier alpha value is -4.90. The molecule has 0 atom stereocenters. The molecule has 0 saturated carbocycles. The molecule has 0 amide bonds. The maximum absolute atomic E-state index is 4.70. The van der Waals surface area contributed by atoms with Gasteiger partial charge < -0.3 is 5.32 Å². The van der Waals surface area contributed by atoms with E-state index < -0.39 is 0 Å². The number of aryl methyl sites for hydroxylation is 4. The highest BCUT2D eigenvalue weighted by Gasteiger charge is 2.10. The minimum Gasteiger partial charge on any atom is -0.388 e. The van der Waals surface area contributed by atoms with E-state index in [2.05, 4.69) is 116 Å². The smallest absolute Gasteiger partial charge is 0.113 e. The van der Waals surface area contributed by atoms with Crippen molar-refractivity contribution in [3.05, 3.63) is 137 Å². The summed E-state index contributed by atoms with van der Waals surface area (Å²) in [4.78, 5) is 5.93. The maximum Gasteiger partial charge on any atom is 0.113 e. The first-order valence-corrected chi connectivity index (χ1v) is 14.2. The predicted molar refractivity (Wildman–Crippen MR) is 180 cm³/mol. The number of benzene rings is 4. The van der Waals surface area contributed by atoms with E-state index in [0.29, 0.717) is 0 Å². The molecule has 5 rings (SSSR count). The van der Waals surface area contributed by atoms with E-state index in [0.717, 1.165) is 34.0 Å². The van der Waals surface area contributed by atoms with Gasteiger partial charge in [-0.15, -0.1) is 0 Å². The third-order valence-corrected chi connectivity index (χ3v) is 7.11. The number of aromatic nitrogens is 2. The van der Waals surface area contributed by atoms with Gasteiger partial charge in [-0.05, 0) is 74.6 Å². The molecule has 4 aromatic carbocycles. The van der Waals surface area contributed by atoms with Gasteiger partial charge in [-0.25, -0.2) is 0 Å². The highest BCUT2D eigenvalue weighted by Crippen LogP contribution is 2.28. The fraction of sp³-hybridized carbons (Fsp3) is 0.189. The van der Waals surface area contributed by atoms with Gasteiger partial charge in [0.25, 0.3) is 0 Å². The van der Waals surface area contributed by atoms with Gasteiger partial charge in [-0.3, -0.25) is 10.4 Å². The van der Waals surface area contributed by atoms with Crippen LogP contribution in [0.5, 0.6) is 0 Å². The van der Waals surface area contributed by atoms with E-state index in [9.17, 15) is 0 Å². The van der Waals surface area contributed by atoms with E-state index in [1.54, 1.807) is 11.8 Å². The van der Waals surface area contributed by atoms with Crippen molar-refractivity contribution in [2.24, 2.45) is 4.99 Å². The Labute approximate surface area is 250 Å². The lowest BCUT2D eigenvalue weighted by atomic mass is 9.94. The van der Waals surface area contributed by atoms with Gasteiger partial charge in [0, 0.05) is 25.4 Å². The van der Waals surface area contributed by atoms with Crippen molar-refractivity contribution in [2.75, 3.05) is 19.5 Å². The largest absolute Gasteiger partial charge is 0.388 e. The molecule has 1 aromatic heterocycles. The Kier molecular flexibility index (Phi) is 10.1. The summed E-state index contributed by atoms with van der Waals surface area (Å²) in [7, 11) is 3.67. The lowest BCUT2D eigenvalue weighted by molar-refractivity contribution is 0.807. The van der Waals surface area contributed by atoms with Gasteiger partial charge in [-0.1, -0.05) is 108 Å². The topological polar surface area (TPSA) is 54.2 Å². The van der Waals surface area contributed by atoms with Crippen molar-refractivity contribution in [1.29, 1.82) is 0 Å². The van der Waals surface area contributed by atoms with Crippen molar-refractivity contribution in [1.82, 2.24) is 15.2 Å². The number of nitrogens with one attached hydrogen (secondary N) is 2. The molecule has 5 heteroatoms. The molecule has 42 heavy (non-hydrogen) atoms. The summed E-state index contributed by atoms with van der Waals surface area (Å²) in [5.41, 5.74) is 16.3. The molecule has 1 heterocycles. The first kappa shape index (κ1) is 30.1. The van der Waals surface area contributed by atoms with Gasteiger partial charge >= 0.3 is 0 Å². The number of amidine groups is 1. The average Bonchev–Trinajstić information content (AvgIpc) is 3.39. The van der Waals surface area contributed by atoms with E-state index in [4.69, 9.17) is 5.10 Å². The molecular formula is C37H41N5. The van der Waals surface area contributed by atoms with Crippen LogP contribution in [0.1, 0.15) is 40.4 Å². The average molecular weight is 556 g/mol. The summed E-state index contributed by atoms with van der Waals surface area (Å²) in [6.45, 7) is 10.5. The monoisotopic (exact) mass is 555 g/mol. The number of aliphatic imine (C=N–C) groups is 1. The molecule has 0 saturated heterocycles. The second-order valence-corrected chi connectivity index (χ2v) is 10.5. The molecule has 0 unspecified atom stereocenters. The normalized spacial score (nSPS) is 11.5. The molecule has 0 aliphatic rings. The summed E-state index contributed by atoms with van der Waals surface area (Å²) >= 11 is 0. The van der Waals surface area contributed by atoms with Crippen LogP contribution in [0.4, 0.5) is 0 Å². The SMILES string of the molecule is CN=C(C)Nn1nc(-c2ccccc2)cc1/C=C(\NC)c1ccccc1.Cc1ccc(-c2ccc(C)cc2C)c(C)c1. The van der Waals surface area contributed by atoms with Gasteiger partial charge in [0.1, 0.15) is 5.84 Å². The van der Waals surface area contributed by atoms with Gasteiger partial charge in [0.2, 0.25) is 0 Å². The van der Waals surface area contributed by atoms with E-state index >= 15 is 0 Å². The van der Waals surface area contributed by atoms with E-state index in [1.807, 2.05) is 50.4 Å². The first-order chi connectivity index (χ1) is 20.3. The molecule has 0 fully saturated rings. The molecule has 2 N–H and O–H groups in total. The summed E-state index contributed by atoms with van der Waals surface area (Å²) in [6, 6.07) is 35.7. The van der Waals surface area contributed by atoms with Crippen molar-refractivity contribution >= 4 is 17.6 Å². The number of hydrogen-bond donors (Lipinski definition) is 2. The van der Waals surface area contributed by atoms with Gasteiger partial charge in [0.05, 0.1) is 11.4 Å². The zero-order chi connectivity index (χ0) is 30.1. The van der Waals surface area contributed by atoms with Crippen LogP contribution in [0.2, 0.25) is 0 Å². The third-order valence-electron chi connectivity index (χ3n) is 7.11. The summed E-state index contributed by atoms with van der Waals surface area (Å²) in [5.74, 6) is 0.785. The molecule has 5 nitrogen and oxygen atoms in total. The fourth-order valence-electron chi connectivity index (χ4n) is 4.84. The Bertz CT molecular complexity index is 1630. The molecule has 0 aliphatic heterocycles. The minimum atomic E-state index is 0.785. The first-order valence-electron chi connectivity index (χ1n) is 14.2. The summed E-state index contributed by atoms with van der Waals surface area (Å²) < 4.78 is 0. The lowest BCUT2D eigenvalue weighted by Crippen LogP contribution is -2.22. The molecule has 0 spiro atoms. The molecular weight excluding hydrogens is 514 g/mol. The maximum atomic E-state index is 4.70. The highest BCUT2D eigenvalue weighted by atomic mass is 15.6. The second-order valence-electron chi connectivity index (χ2n) is 10.5. The Morgan fingerprint density at radius 1 is 0.738 bits per heavy atom. The van der Waals surface area contributed by atoms with Gasteiger partial charge in [0.15, 0.2) is 0 Å². The Morgan fingerprint density at radius 2 is 1.29 bits per heavy atom. The molecule has 214 valence electrons. The number of nitrogens with zero attached hydrogens (tertiary/aromatic N) is 3. The molecule has 5 aromatic rings. The third kappa shape index (κ3) is 7.64. The van der Waals surface area contributed by atoms with Crippen molar-refractivity contribution < 1.29 is 0 Å². The molecule has 0 aliphatic carbocycles. The van der Waals surface area contributed by atoms with Crippen LogP contribution in [0.3, 0.4) is 0 Å². The van der Waals surface area contributed by atoms with Gasteiger partial charge in [-0.2, -0.15) is 9.89 Å². The minimum absolute atomic E-state index is 0.785. The van der Waals surface area contributed by atoms with Crippen LogP contribution in [0.25, 0.3) is 34.2 Å². The fourth-order valence-corrected chi connectivity index (χ4v) is 4.84.